The maximum atomic E-state index is 12.7. The molecule has 0 radical (unpaired) electrons. The number of nitrogens with one attached hydrogen (secondary N) is 1. The monoisotopic (exact) mass is 387 g/mol. The van der Waals surface area contributed by atoms with E-state index >= 15 is 0 Å². The van der Waals surface area contributed by atoms with Gasteiger partial charge in [0, 0.05) is 6.42 Å². The zero-order valence-electron chi connectivity index (χ0n) is 14.8. The SMILES string of the molecule is O=C(NS(=O)(=O)C1CCCC1)C1Oc2ccccc2Cc2ccccc2O1. The van der Waals surface area contributed by atoms with E-state index < -0.39 is 27.5 Å². The van der Waals surface area contributed by atoms with Crippen LogP contribution in [0.25, 0.3) is 0 Å². The molecule has 4 rings (SSSR count). The molecule has 7 heteroatoms. The van der Waals surface area contributed by atoms with Crippen LogP contribution in [-0.2, 0) is 21.2 Å². The third-order valence-corrected chi connectivity index (χ3v) is 6.83. The summed E-state index contributed by atoms with van der Waals surface area (Å²) in [5.41, 5.74) is 1.81. The summed E-state index contributed by atoms with van der Waals surface area (Å²) < 4.78 is 38.7. The number of hydrogen-bond donors (Lipinski definition) is 1. The van der Waals surface area contributed by atoms with E-state index in [2.05, 4.69) is 4.72 Å². The summed E-state index contributed by atoms with van der Waals surface area (Å²) in [6.07, 6.45) is 2.07. The summed E-state index contributed by atoms with van der Waals surface area (Å²) in [6, 6.07) is 14.7. The van der Waals surface area contributed by atoms with Crippen LogP contribution >= 0.6 is 0 Å². The maximum Gasteiger partial charge on any atom is 0.322 e. The van der Waals surface area contributed by atoms with Crippen LogP contribution in [0.3, 0.4) is 0 Å². The molecule has 2 aromatic rings. The second-order valence-electron chi connectivity index (χ2n) is 6.88. The Morgan fingerprint density at radius 1 is 0.889 bits per heavy atom. The van der Waals surface area contributed by atoms with Gasteiger partial charge in [-0.2, -0.15) is 0 Å². The first kappa shape index (κ1) is 17.9. The molecule has 2 aliphatic rings. The summed E-state index contributed by atoms with van der Waals surface area (Å²) in [5.74, 6) is 0.198. The normalized spacial score (nSPS) is 17.6. The number of fused-ring (bicyclic) bond motifs is 2. The molecule has 0 unspecified atom stereocenters. The molecule has 1 heterocycles. The zero-order valence-corrected chi connectivity index (χ0v) is 15.6. The van der Waals surface area contributed by atoms with Crippen LogP contribution in [0.15, 0.2) is 48.5 Å². The highest BCUT2D eigenvalue weighted by Crippen LogP contribution is 2.31. The Morgan fingerprint density at radius 2 is 1.41 bits per heavy atom. The molecule has 1 aliphatic carbocycles. The summed E-state index contributed by atoms with van der Waals surface area (Å²) in [7, 11) is -3.74. The topological polar surface area (TPSA) is 81.7 Å². The van der Waals surface area contributed by atoms with Crippen molar-refractivity contribution in [3.63, 3.8) is 0 Å². The van der Waals surface area contributed by atoms with Gasteiger partial charge in [-0.05, 0) is 36.1 Å². The van der Waals surface area contributed by atoms with Gasteiger partial charge in [0.15, 0.2) is 0 Å². The first-order chi connectivity index (χ1) is 13.0. The number of hydrogen-bond acceptors (Lipinski definition) is 5. The van der Waals surface area contributed by atoms with Gasteiger partial charge in [0.2, 0.25) is 10.0 Å². The summed E-state index contributed by atoms with van der Waals surface area (Å²) in [5, 5.41) is -0.533. The van der Waals surface area contributed by atoms with E-state index in [0.29, 0.717) is 30.8 Å². The van der Waals surface area contributed by atoms with Gasteiger partial charge in [-0.1, -0.05) is 49.2 Å². The fourth-order valence-corrected chi connectivity index (χ4v) is 5.06. The molecule has 0 atom stereocenters. The van der Waals surface area contributed by atoms with Crippen LogP contribution in [-0.4, -0.2) is 25.9 Å². The quantitative estimate of drug-likeness (QED) is 0.876. The maximum absolute atomic E-state index is 12.7. The largest absolute Gasteiger partial charge is 0.446 e. The van der Waals surface area contributed by atoms with Crippen LogP contribution in [0.5, 0.6) is 11.5 Å². The van der Waals surface area contributed by atoms with Gasteiger partial charge in [-0.3, -0.25) is 4.79 Å². The van der Waals surface area contributed by atoms with E-state index in [0.717, 1.165) is 24.0 Å². The van der Waals surface area contributed by atoms with Crippen LogP contribution in [0.2, 0.25) is 0 Å². The van der Waals surface area contributed by atoms with E-state index in [4.69, 9.17) is 9.47 Å². The van der Waals surface area contributed by atoms with Crippen molar-refractivity contribution in [2.75, 3.05) is 0 Å². The summed E-state index contributed by atoms with van der Waals surface area (Å²) in [4.78, 5) is 12.7. The molecule has 1 aliphatic heterocycles. The second-order valence-corrected chi connectivity index (χ2v) is 8.84. The second kappa shape index (κ2) is 7.23. The fraction of sp³-hybridized carbons (Fsp3) is 0.350. The molecule has 1 fully saturated rings. The van der Waals surface area contributed by atoms with Gasteiger partial charge in [0.05, 0.1) is 5.25 Å². The third-order valence-electron chi connectivity index (χ3n) is 4.99. The van der Waals surface area contributed by atoms with E-state index in [9.17, 15) is 13.2 Å². The fourth-order valence-electron chi connectivity index (χ4n) is 3.57. The third kappa shape index (κ3) is 3.78. The Balaban J connectivity index is 1.63. The highest BCUT2D eigenvalue weighted by atomic mass is 32.2. The number of carbonyl (C=O) groups is 1. The van der Waals surface area contributed by atoms with Gasteiger partial charge < -0.3 is 9.47 Å². The molecule has 2 aromatic carbocycles. The number of rotatable bonds is 3. The average molecular weight is 387 g/mol. The van der Waals surface area contributed by atoms with Crippen molar-refractivity contribution in [3.05, 3.63) is 59.7 Å². The Kier molecular flexibility index (Phi) is 4.78. The van der Waals surface area contributed by atoms with Crippen molar-refractivity contribution in [2.45, 2.75) is 43.6 Å². The van der Waals surface area contributed by atoms with Crippen LogP contribution in [0.4, 0.5) is 0 Å². The first-order valence-electron chi connectivity index (χ1n) is 9.07. The molecule has 27 heavy (non-hydrogen) atoms. The van der Waals surface area contributed by atoms with E-state index in [1.807, 2.05) is 24.3 Å². The minimum atomic E-state index is -3.74. The molecule has 1 saturated carbocycles. The summed E-state index contributed by atoms with van der Waals surface area (Å²) >= 11 is 0. The number of ether oxygens (including phenoxy) is 2. The number of benzene rings is 2. The lowest BCUT2D eigenvalue weighted by Gasteiger charge is -2.25. The minimum Gasteiger partial charge on any atom is -0.446 e. The lowest BCUT2D eigenvalue weighted by Crippen LogP contribution is -2.47. The Hall–Kier alpha value is -2.54. The lowest BCUT2D eigenvalue weighted by molar-refractivity contribution is -0.138. The molecule has 0 aromatic heterocycles. The number of sulfonamides is 1. The number of carbonyl (C=O) groups excluding carboxylic acids is 1. The molecular weight excluding hydrogens is 366 g/mol. The van der Waals surface area contributed by atoms with E-state index in [1.54, 1.807) is 24.3 Å². The highest BCUT2D eigenvalue weighted by Gasteiger charge is 2.35. The van der Waals surface area contributed by atoms with Crippen molar-refractivity contribution in [1.29, 1.82) is 0 Å². The predicted molar refractivity (Wildman–Crippen MR) is 100 cm³/mol. The number of para-hydroxylation sites is 2. The molecule has 142 valence electrons. The molecule has 1 amide bonds. The van der Waals surface area contributed by atoms with E-state index in [-0.39, 0.29) is 0 Å². The van der Waals surface area contributed by atoms with Crippen LogP contribution < -0.4 is 14.2 Å². The molecule has 0 spiro atoms. The van der Waals surface area contributed by atoms with Crippen molar-refractivity contribution in [2.24, 2.45) is 0 Å². The van der Waals surface area contributed by atoms with Crippen LogP contribution in [0, 0.1) is 0 Å². The minimum absolute atomic E-state index is 0.505. The molecule has 1 N–H and O–H groups in total. The zero-order chi connectivity index (χ0) is 18.9. The number of amides is 1. The van der Waals surface area contributed by atoms with E-state index in [1.165, 1.54) is 0 Å². The van der Waals surface area contributed by atoms with Gasteiger partial charge >= 0.3 is 12.2 Å². The summed E-state index contributed by atoms with van der Waals surface area (Å²) in [6.45, 7) is 0. The van der Waals surface area contributed by atoms with Crippen molar-refractivity contribution in [1.82, 2.24) is 4.72 Å². The van der Waals surface area contributed by atoms with Gasteiger partial charge in [-0.15, -0.1) is 0 Å². The van der Waals surface area contributed by atoms with Gasteiger partial charge in [0.1, 0.15) is 11.5 Å². The Bertz CT molecular complexity index is 903. The lowest BCUT2D eigenvalue weighted by atomic mass is 10.0. The Morgan fingerprint density at radius 3 is 1.96 bits per heavy atom. The standard InChI is InChI=1S/C20H21NO5S/c22-19(21-27(23,24)16-9-3-4-10-16)20-25-17-11-5-1-7-14(17)13-15-8-2-6-12-18(15)26-20/h1-2,5-8,11-12,16,20H,3-4,9-10,13H2,(H,21,22). The highest BCUT2D eigenvalue weighted by molar-refractivity contribution is 7.90. The molecule has 0 bridgehead atoms. The van der Waals surface area contributed by atoms with Crippen molar-refractivity contribution in [3.8, 4) is 11.5 Å². The van der Waals surface area contributed by atoms with Gasteiger partial charge in [0.25, 0.3) is 0 Å². The molecule has 6 nitrogen and oxygen atoms in total. The predicted octanol–water partition coefficient (Wildman–Crippen LogP) is 2.76. The van der Waals surface area contributed by atoms with Crippen molar-refractivity contribution >= 4 is 15.9 Å². The first-order valence-corrected chi connectivity index (χ1v) is 10.6. The average Bonchev–Trinajstić information content (AvgIpc) is 3.17. The molecule has 0 saturated heterocycles. The van der Waals surface area contributed by atoms with Crippen molar-refractivity contribution < 1.29 is 22.7 Å². The van der Waals surface area contributed by atoms with Crippen LogP contribution in [0.1, 0.15) is 36.8 Å². The van der Waals surface area contributed by atoms with Gasteiger partial charge in [-0.25, -0.2) is 13.1 Å². The smallest absolute Gasteiger partial charge is 0.322 e. The Labute approximate surface area is 158 Å². The molecular formula is C20H21NO5S.